The average molecular weight is 596 g/mol. The molecule has 0 saturated carbocycles. The van der Waals surface area contributed by atoms with Gasteiger partial charge in [0.05, 0.1) is 13.3 Å². The van der Waals surface area contributed by atoms with Crippen LogP contribution in [0.2, 0.25) is 0 Å². The maximum Gasteiger partial charge on any atom is 0.266 e. The summed E-state index contributed by atoms with van der Waals surface area (Å²) in [6.07, 6.45) is 9.30. The van der Waals surface area contributed by atoms with Crippen molar-refractivity contribution in [2.45, 2.75) is 30.6 Å². The number of pyridine rings is 2. The molecule has 0 spiro atoms. The number of fused-ring (bicyclic) bond motifs is 1. The molecule has 11 nitrogen and oxygen atoms in total. The maximum atomic E-state index is 14.3. The summed E-state index contributed by atoms with van der Waals surface area (Å²) in [5.41, 5.74) is 2.39. The van der Waals surface area contributed by atoms with Crippen LogP contribution in [0.15, 0.2) is 64.3 Å². The van der Waals surface area contributed by atoms with Gasteiger partial charge in [-0.05, 0) is 56.3 Å². The summed E-state index contributed by atoms with van der Waals surface area (Å²) in [6.45, 7) is 3.04. The molecule has 4 aromatic heterocycles. The number of methoxy groups -OCH3 is 1. The average Bonchev–Trinajstić information content (AvgIpc) is 3.63. The van der Waals surface area contributed by atoms with E-state index >= 15 is 0 Å². The van der Waals surface area contributed by atoms with Crippen LogP contribution in [0.1, 0.15) is 25.2 Å². The minimum Gasteiger partial charge on any atom is -0.480 e. The number of hydrogen-bond donors (Lipinski definition) is 1. The lowest BCUT2D eigenvalue weighted by Crippen LogP contribution is -2.31. The number of piperidine rings is 1. The molecule has 0 bridgehead atoms. The minimum atomic E-state index is -4.43. The Hall–Kier alpha value is -4.43. The number of nitrogens with zero attached hydrogens (tertiary/aromatic N) is 6. The third-order valence-corrected chi connectivity index (χ3v) is 8.49. The van der Waals surface area contributed by atoms with E-state index in [-0.39, 0.29) is 11.6 Å². The predicted molar refractivity (Wildman–Crippen MR) is 149 cm³/mol. The SMILES string of the molecule is COc1ncc(-c2ccc3ncc(-c4nnc(CCN5CCCCC5)o4)n3c2)cc1NS(=O)(=O)c1ccc(F)cc1F. The van der Waals surface area contributed by atoms with E-state index < -0.39 is 26.6 Å². The van der Waals surface area contributed by atoms with E-state index in [1.165, 1.54) is 38.6 Å². The van der Waals surface area contributed by atoms with Crippen LogP contribution in [0.25, 0.3) is 28.4 Å². The van der Waals surface area contributed by atoms with Crippen LogP contribution in [-0.4, -0.2) is 64.6 Å². The number of anilines is 1. The number of aromatic nitrogens is 5. The third-order valence-electron chi connectivity index (χ3n) is 7.09. The number of ether oxygens (including phenoxy) is 1. The molecule has 0 amide bonds. The van der Waals surface area contributed by atoms with Gasteiger partial charge < -0.3 is 14.1 Å². The highest BCUT2D eigenvalue weighted by molar-refractivity contribution is 7.92. The van der Waals surface area contributed by atoms with Gasteiger partial charge in [-0.15, -0.1) is 10.2 Å². The Balaban J connectivity index is 1.28. The number of sulfonamides is 1. The summed E-state index contributed by atoms with van der Waals surface area (Å²) in [5.74, 6) is -1.26. The van der Waals surface area contributed by atoms with E-state index in [0.29, 0.717) is 46.7 Å². The zero-order chi connectivity index (χ0) is 29.3. The number of nitrogens with one attached hydrogen (secondary N) is 1. The molecule has 1 N–H and O–H groups in total. The standard InChI is InChI=1S/C28H27F2N7O4S/c1-40-27-22(35-42(38,39)24-7-6-20(29)14-21(24)30)13-19(15-32-27)18-5-8-25-31-16-23(37(25)17-18)28-34-33-26(41-28)9-12-36-10-3-2-4-11-36/h5-8,13-17,35H,2-4,9-12H2,1H3. The minimum absolute atomic E-state index is 0.0278. The van der Waals surface area contributed by atoms with Crippen molar-refractivity contribution in [3.05, 3.63) is 72.5 Å². The molecule has 1 fully saturated rings. The van der Waals surface area contributed by atoms with E-state index in [1.807, 2.05) is 0 Å². The lowest BCUT2D eigenvalue weighted by Gasteiger charge is -2.25. The number of rotatable bonds is 9. The van der Waals surface area contributed by atoms with Crippen molar-refractivity contribution in [2.24, 2.45) is 0 Å². The Morgan fingerprint density at radius 2 is 1.83 bits per heavy atom. The van der Waals surface area contributed by atoms with Crippen LogP contribution in [0.3, 0.4) is 0 Å². The first-order valence-corrected chi connectivity index (χ1v) is 14.8. The lowest BCUT2D eigenvalue weighted by molar-refractivity contribution is 0.226. The highest BCUT2D eigenvalue weighted by Gasteiger charge is 2.23. The fraction of sp³-hybridized carbons (Fsp3) is 0.286. The van der Waals surface area contributed by atoms with Crippen molar-refractivity contribution in [3.63, 3.8) is 0 Å². The number of benzene rings is 1. The molecule has 6 rings (SSSR count). The van der Waals surface area contributed by atoms with Crippen LogP contribution in [0.5, 0.6) is 5.88 Å². The molecule has 5 heterocycles. The number of hydrogen-bond acceptors (Lipinski definition) is 9. The smallest absolute Gasteiger partial charge is 0.266 e. The zero-order valence-corrected chi connectivity index (χ0v) is 23.4. The molecule has 1 aromatic carbocycles. The van der Waals surface area contributed by atoms with Crippen molar-refractivity contribution in [2.75, 3.05) is 31.5 Å². The molecule has 0 aliphatic carbocycles. The van der Waals surface area contributed by atoms with Crippen molar-refractivity contribution in [1.29, 1.82) is 0 Å². The van der Waals surface area contributed by atoms with E-state index in [4.69, 9.17) is 9.15 Å². The van der Waals surface area contributed by atoms with Gasteiger partial charge in [0, 0.05) is 42.6 Å². The Bertz CT molecular complexity index is 1850. The monoisotopic (exact) mass is 595 g/mol. The van der Waals surface area contributed by atoms with E-state index in [0.717, 1.165) is 31.8 Å². The van der Waals surface area contributed by atoms with Crippen molar-refractivity contribution < 1.29 is 26.4 Å². The Morgan fingerprint density at radius 3 is 2.62 bits per heavy atom. The van der Waals surface area contributed by atoms with Gasteiger partial charge in [-0.1, -0.05) is 6.42 Å². The Morgan fingerprint density at radius 1 is 1.00 bits per heavy atom. The van der Waals surface area contributed by atoms with E-state index in [1.54, 1.807) is 28.9 Å². The number of halogens is 2. The molecule has 0 unspecified atom stereocenters. The summed E-state index contributed by atoms with van der Waals surface area (Å²) < 4.78 is 68.8. The van der Waals surface area contributed by atoms with Crippen LogP contribution < -0.4 is 9.46 Å². The van der Waals surface area contributed by atoms with Crippen LogP contribution in [-0.2, 0) is 16.4 Å². The molecular weight excluding hydrogens is 568 g/mol. The Labute approximate surface area is 240 Å². The molecule has 0 atom stereocenters. The molecule has 14 heteroatoms. The van der Waals surface area contributed by atoms with Gasteiger partial charge in [0.25, 0.3) is 15.9 Å². The molecular formula is C28H27F2N7O4S. The number of imidazole rings is 1. The first kappa shape index (κ1) is 27.7. The van der Waals surface area contributed by atoms with Gasteiger partial charge in [-0.25, -0.2) is 27.2 Å². The molecule has 218 valence electrons. The summed E-state index contributed by atoms with van der Waals surface area (Å²) >= 11 is 0. The molecule has 42 heavy (non-hydrogen) atoms. The second-order valence-electron chi connectivity index (χ2n) is 9.90. The van der Waals surface area contributed by atoms with Gasteiger partial charge >= 0.3 is 0 Å². The van der Waals surface area contributed by atoms with Crippen LogP contribution >= 0.6 is 0 Å². The lowest BCUT2D eigenvalue weighted by atomic mass is 10.1. The van der Waals surface area contributed by atoms with Crippen molar-refractivity contribution in [3.8, 4) is 28.6 Å². The Kier molecular flexibility index (Phi) is 7.56. The highest BCUT2D eigenvalue weighted by atomic mass is 32.2. The molecule has 1 saturated heterocycles. The normalized spacial score (nSPS) is 14.4. The fourth-order valence-corrected chi connectivity index (χ4v) is 6.05. The van der Waals surface area contributed by atoms with Gasteiger partial charge in [-0.3, -0.25) is 9.12 Å². The summed E-state index contributed by atoms with van der Waals surface area (Å²) in [7, 11) is -3.10. The molecule has 5 aromatic rings. The van der Waals surface area contributed by atoms with Crippen LogP contribution in [0.4, 0.5) is 14.5 Å². The van der Waals surface area contributed by atoms with E-state index in [2.05, 4.69) is 29.8 Å². The quantitative estimate of drug-likeness (QED) is 0.261. The molecule has 1 aliphatic rings. The van der Waals surface area contributed by atoms with Gasteiger partial charge in [0.1, 0.15) is 33.6 Å². The summed E-state index contributed by atoms with van der Waals surface area (Å²) in [5, 5.41) is 8.46. The first-order valence-electron chi connectivity index (χ1n) is 13.4. The topological polar surface area (TPSA) is 128 Å². The van der Waals surface area contributed by atoms with Crippen molar-refractivity contribution in [1.82, 2.24) is 29.5 Å². The predicted octanol–water partition coefficient (Wildman–Crippen LogP) is 4.56. The van der Waals surface area contributed by atoms with E-state index in [9.17, 15) is 17.2 Å². The first-order chi connectivity index (χ1) is 20.3. The van der Waals surface area contributed by atoms with Crippen molar-refractivity contribution >= 4 is 21.4 Å². The van der Waals surface area contributed by atoms with Crippen LogP contribution in [0, 0.1) is 11.6 Å². The molecule has 0 radical (unpaired) electrons. The second-order valence-corrected chi connectivity index (χ2v) is 11.6. The summed E-state index contributed by atoms with van der Waals surface area (Å²) in [4.78, 5) is 10.4. The number of likely N-dealkylation sites (tertiary alicyclic amines) is 1. The maximum absolute atomic E-state index is 14.3. The fourth-order valence-electron chi connectivity index (χ4n) is 4.94. The third kappa shape index (κ3) is 5.67. The van der Waals surface area contributed by atoms with Gasteiger partial charge in [0.15, 0.2) is 0 Å². The second kappa shape index (κ2) is 11.4. The van der Waals surface area contributed by atoms with Gasteiger partial charge in [0.2, 0.25) is 11.8 Å². The van der Waals surface area contributed by atoms with Gasteiger partial charge in [-0.2, -0.15) is 0 Å². The summed E-state index contributed by atoms with van der Waals surface area (Å²) in [6, 6.07) is 7.30. The largest absolute Gasteiger partial charge is 0.480 e. The highest BCUT2D eigenvalue weighted by Crippen LogP contribution is 2.32. The zero-order valence-electron chi connectivity index (χ0n) is 22.6. The molecule has 1 aliphatic heterocycles.